The Labute approximate surface area is 169 Å². The first-order chi connectivity index (χ1) is 13.8. The number of carbonyl (C=O) groups is 2. The van der Waals surface area contributed by atoms with Crippen LogP contribution >= 0.6 is 0 Å². The van der Waals surface area contributed by atoms with E-state index in [1.807, 2.05) is 43.3 Å². The van der Waals surface area contributed by atoms with E-state index in [0.29, 0.717) is 22.9 Å². The molecule has 29 heavy (non-hydrogen) atoms. The number of aromatic nitrogens is 2. The van der Waals surface area contributed by atoms with Crippen LogP contribution in [-0.4, -0.2) is 35.8 Å². The van der Waals surface area contributed by atoms with Crippen LogP contribution in [0.1, 0.15) is 33.5 Å². The molecule has 0 aliphatic heterocycles. The van der Waals surface area contributed by atoms with Crippen LogP contribution in [0.5, 0.6) is 0 Å². The van der Waals surface area contributed by atoms with E-state index in [9.17, 15) is 9.59 Å². The summed E-state index contributed by atoms with van der Waals surface area (Å²) in [6.07, 6.45) is 0. The second-order valence-electron chi connectivity index (χ2n) is 6.87. The zero-order chi connectivity index (χ0) is 21.0. The fourth-order valence-electron chi connectivity index (χ4n) is 2.70. The first kappa shape index (κ1) is 20.0. The monoisotopic (exact) mass is 389 g/mol. The van der Waals surface area contributed by atoms with Crippen LogP contribution in [0.2, 0.25) is 0 Å². The van der Waals surface area contributed by atoms with Gasteiger partial charge in [0.1, 0.15) is 5.69 Å². The molecule has 0 radical (unpaired) electrons. The summed E-state index contributed by atoms with van der Waals surface area (Å²) < 4.78 is 0. The fraction of sp³-hybridized carbons (Fsp3) is 0.182. The Bertz CT molecular complexity index is 1030. The van der Waals surface area contributed by atoms with Gasteiger partial charge in [0.2, 0.25) is 5.95 Å². The molecule has 3 rings (SSSR count). The molecule has 2 aromatic carbocycles. The summed E-state index contributed by atoms with van der Waals surface area (Å²) >= 11 is 0. The maximum Gasteiger partial charge on any atom is 0.274 e. The smallest absolute Gasteiger partial charge is 0.274 e. The highest BCUT2D eigenvalue weighted by atomic mass is 16.2. The fourth-order valence-corrected chi connectivity index (χ4v) is 2.70. The van der Waals surface area contributed by atoms with Crippen molar-refractivity contribution < 1.29 is 9.59 Å². The maximum absolute atomic E-state index is 12.6. The van der Waals surface area contributed by atoms with Gasteiger partial charge in [-0.15, -0.1) is 0 Å². The zero-order valence-electron chi connectivity index (χ0n) is 16.9. The van der Waals surface area contributed by atoms with Crippen molar-refractivity contribution in [2.75, 3.05) is 29.6 Å². The third kappa shape index (κ3) is 5.16. The molecule has 0 unspecified atom stereocenters. The molecule has 0 atom stereocenters. The average Bonchev–Trinajstić information content (AvgIpc) is 2.68. The van der Waals surface area contributed by atoms with Gasteiger partial charge in [-0.3, -0.25) is 9.59 Å². The van der Waals surface area contributed by atoms with Gasteiger partial charge in [0, 0.05) is 42.4 Å². The van der Waals surface area contributed by atoms with Crippen molar-refractivity contribution in [3.8, 4) is 0 Å². The molecule has 1 heterocycles. The Balaban J connectivity index is 1.75. The number of ketones is 1. The summed E-state index contributed by atoms with van der Waals surface area (Å²) in [5, 5.41) is 5.92. The predicted molar refractivity (Wildman–Crippen MR) is 115 cm³/mol. The molecular weight excluding hydrogens is 366 g/mol. The van der Waals surface area contributed by atoms with E-state index in [0.717, 1.165) is 11.4 Å². The van der Waals surface area contributed by atoms with Gasteiger partial charge in [-0.1, -0.05) is 0 Å². The van der Waals surface area contributed by atoms with Crippen molar-refractivity contribution in [1.82, 2.24) is 9.97 Å². The van der Waals surface area contributed by atoms with E-state index in [4.69, 9.17) is 0 Å². The van der Waals surface area contributed by atoms with E-state index in [2.05, 4.69) is 20.6 Å². The van der Waals surface area contributed by atoms with Crippen LogP contribution in [0.4, 0.5) is 23.0 Å². The lowest BCUT2D eigenvalue weighted by molar-refractivity contribution is 0.101. The van der Waals surface area contributed by atoms with Crippen LogP contribution in [-0.2, 0) is 0 Å². The number of aryl methyl sites for hydroxylation is 1. The van der Waals surface area contributed by atoms with Gasteiger partial charge in [0.25, 0.3) is 5.91 Å². The summed E-state index contributed by atoms with van der Waals surface area (Å²) in [5.41, 5.74) is 4.01. The van der Waals surface area contributed by atoms with E-state index in [-0.39, 0.29) is 17.4 Å². The van der Waals surface area contributed by atoms with Crippen LogP contribution in [0.25, 0.3) is 0 Å². The largest absolute Gasteiger partial charge is 0.378 e. The van der Waals surface area contributed by atoms with Crippen molar-refractivity contribution in [2.45, 2.75) is 13.8 Å². The van der Waals surface area contributed by atoms with Crippen molar-refractivity contribution in [3.05, 3.63) is 71.5 Å². The lowest BCUT2D eigenvalue weighted by Gasteiger charge is -2.13. The zero-order valence-corrected chi connectivity index (χ0v) is 16.9. The van der Waals surface area contributed by atoms with Gasteiger partial charge in [-0.2, -0.15) is 0 Å². The number of Topliss-reactive ketones (excluding diaryl/α,β-unsaturated/α-hetero) is 1. The molecule has 0 aliphatic carbocycles. The van der Waals surface area contributed by atoms with Gasteiger partial charge in [0.15, 0.2) is 5.78 Å². The van der Waals surface area contributed by atoms with E-state index in [1.54, 1.807) is 37.3 Å². The van der Waals surface area contributed by atoms with Gasteiger partial charge < -0.3 is 15.5 Å². The minimum absolute atomic E-state index is 0.0244. The first-order valence-corrected chi connectivity index (χ1v) is 9.14. The number of rotatable bonds is 6. The number of nitrogens with one attached hydrogen (secondary N) is 2. The third-order valence-electron chi connectivity index (χ3n) is 4.28. The molecule has 1 amide bonds. The first-order valence-electron chi connectivity index (χ1n) is 9.14. The molecular formula is C22H23N5O2. The summed E-state index contributed by atoms with van der Waals surface area (Å²) in [7, 11) is 3.95. The van der Waals surface area contributed by atoms with E-state index >= 15 is 0 Å². The Morgan fingerprint density at radius 3 is 2.10 bits per heavy atom. The average molecular weight is 389 g/mol. The number of amides is 1. The van der Waals surface area contributed by atoms with Crippen LogP contribution in [0.15, 0.2) is 54.6 Å². The van der Waals surface area contributed by atoms with Gasteiger partial charge in [-0.05, 0) is 68.4 Å². The van der Waals surface area contributed by atoms with Crippen molar-refractivity contribution in [1.29, 1.82) is 0 Å². The quantitative estimate of drug-likeness (QED) is 0.619. The Morgan fingerprint density at radius 2 is 1.52 bits per heavy atom. The third-order valence-corrected chi connectivity index (χ3v) is 4.28. The molecule has 0 aliphatic rings. The Kier molecular flexibility index (Phi) is 5.87. The normalized spacial score (nSPS) is 10.3. The molecule has 0 fully saturated rings. The molecule has 0 saturated carbocycles. The van der Waals surface area contributed by atoms with Crippen molar-refractivity contribution >= 4 is 34.7 Å². The van der Waals surface area contributed by atoms with Crippen molar-refractivity contribution in [2.24, 2.45) is 0 Å². The topological polar surface area (TPSA) is 87.2 Å². The second kappa shape index (κ2) is 8.52. The maximum atomic E-state index is 12.6. The van der Waals surface area contributed by atoms with Crippen LogP contribution in [0.3, 0.4) is 0 Å². The number of hydrogen-bond acceptors (Lipinski definition) is 6. The highest BCUT2D eigenvalue weighted by molar-refractivity contribution is 6.03. The number of hydrogen-bond donors (Lipinski definition) is 2. The highest BCUT2D eigenvalue weighted by Crippen LogP contribution is 2.19. The van der Waals surface area contributed by atoms with Gasteiger partial charge >= 0.3 is 0 Å². The van der Waals surface area contributed by atoms with E-state index < -0.39 is 0 Å². The standard InChI is InChI=1S/C22H23N5O2/c1-14-13-20(21(29)24-17-7-5-16(6-8-17)15(2)28)26-22(23-14)25-18-9-11-19(12-10-18)27(3)4/h5-13H,1-4H3,(H,24,29)(H,23,25,26). The molecule has 0 spiro atoms. The predicted octanol–water partition coefficient (Wildman–Crippen LogP) is 4.05. The number of carbonyl (C=O) groups excluding carboxylic acids is 2. The Morgan fingerprint density at radius 1 is 0.897 bits per heavy atom. The van der Waals surface area contributed by atoms with Gasteiger partial charge in [-0.25, -0.2) is 9.97 Å². The molecule has 1 aromatic heterocycles. The molecule has 0 saturated heterocycles. The van der Waals surface area contributed by atoms with Gasteiger partial charge in [0.05, 0.1) is 0 Å². The lowest BCUT2D eigenvalue weighted by atomic mass is 10.1. The molecule has 3 aromatic rings. The van der Waals surface area contributed by atoms with Crippen LogP contribution < -0.4 is 15.5 Å². The summed E-state index contributed by atoms with van der Waals surface area (Å²) in [6.45, 7) is 3.31. The number of nitrogens with zero attached hydrogens (tertiary/aromatic N) is 3. The summed E-state index contributed by atoms with van der Waals surface area (Å²) in [4.78, 5) is 34.7. The minimum atomic E-state index is -0.350. The van der Waals surface area contributed by atoms with Crippen molar-refractivity contribution in [3.63, 3.8) is 0 Å². The molecule has 7 heteroatoms. The highest BCUT2D eigenvalue weighted by Gasteiger charge is 2.12. The molecule has 0 bridgehead atoms. The van der Waals surface area contributed by atoms with E-state index in [1.165, 1.54) is 6.92 Å². The summed E-state index contributed by atoms with van der Waals surface area (Å²) in [5.74, 6) is -0.0274. The molecule has 148 valence electrons. The summed E-state index contributed by atoms with van der Waals surface area (Å²) in [6, 6.07) is 16.2. The molecule has 2 N–H and O–H groups in total. The molecule has 7 nitrogen and oxygen atoms in total. The lowest BCUT2D eigenvalue weighted by Crippen LogP contribution is -2.15. The second-order valence-corrected chi connectivity index (χ2v) is 6.87. The number of anilines is 4. The SMILES string of the molecule is CC(=O)c1ccc(NC(=O)c2cc(C)nc(Nc3ccc(N(C)C)cc3)n2)cc1. The van der Waals surface area contributed by atoms with Crippen LogP contribution in [0, 0.1) is 6.92 Å². The minimum Gasteiger partial charge on any atom is -0.378 e. The number of benzene rings is 2. The Hall–Kier alpha value is -3.74.